The SMILES string of the molecule is O=C(CCNS(=O)(=O)c1cccc(Cl)c1)OCC(=O)N1CCN(c2ccccc2F)CC1. The Bertz CT molecular complexity index is 1070. The van der Waals surface area contributed by atoms with Crippen LogP contribution in [0.1, 0.15) is 6.42 Å². The minimum absolute atomic E-state index is 0.0110. The molecule has 3 rings (SSSR count). The second-order valence-electron chi connectivity index (χ2n) is 7.09. The van der Waals surface area contributed by atoms with E-state index in [0.717, 1.165) is 0 Å². The van der Waals surface area contributed by atoms with Crippen molar-refractivity contribution < 1.29 is 27.1 Å². The number of carbonyl (C=O) groups is 2. The molecule has 0 atom stereocenters. The third-order valence-electron chi connectivity index (χ3n) is 4.91. The summed E-state index contributed by atoms with van der Waals surface area (Å²) in [6.45, 7) is 1.08. The zero-order valence-electron chi connectivity index (χ0n) is 17.2. The van der Waals surface area contributed by atoms with E-state index < -0.39 is 22.6 Å². The maximum Gasteiger partial charge on any atom is 0.307 e. The highest BCUT2D eigenvalue weighted by Crippen LogP contribution is 2.20. The smallest absolute Gasteiger partial charge is 0.307 e. The minimum Gasteiger partial charge on any atom is -0.456 e. The highest BCUT2D eigenvalue weighted by atomic mass is 35.5. The lowest BCUT2D eigenvalue weighted by molar-refractivity contribution is -0.152. The van der Waals surface area contributed by atoms with Crippen LogP contribution >= 0.6 is 11.6 Å². The number of anilines is 1. The summed E-state index contributed by atoms with van der Waals surface area (Å²) in [5, 5.41) is 0.278. The van der Waals surface area contributed by atoms with Crippen LogP contribution in [0.5, 0.6) is 0 Å². The number of hydrogen-bond donors (Lipinski definition) is 1. The van der Waals surface area contributed by atoms with Gasteiger partial charge in [0.2, 0.25) is 10.0 Å². The van der Waals surface area contributed by atoms with E-state index in [2.05, 4.69) is 4.72 Å². The predicted octanol–water partition coefficient (Wildman–Crippen LogP) is 2.04. The van der Waals surface area contributed by atoms with Gasteiger partial charge in [-0.05, 0) is 30.3 Å². The molecule has 0 saturated carbocycles. The molecule has 172 valence electrons. The number of halogens is 2. The van der Waals surface area contributed by atoms with Crippen molar-refractivity contribution in [3.05, 3.63) is 59.4 Å². The fraction of sp³-hybridized carbons (Fsp3) is 0.333. The van der Waals surface area contributed by atoms with Crippen LogP contribution in [0.25, 0.3) is 0 Å². The molecule has 0 aliphatic carbocycles. The van der Waals surface area contributed by atoms with Gasteiger partial charge in [-0.1, -0.05) is 29.8 Å². The largest absolute Gasteiger partial charge is 0.456 e. The van der Waals surface area contributed by atoms with Crippen molar-refractivity contribution >= 4 is 39.2 Å². The molecule has 0 radical (unpaired) electrons. The highest BCUT2D eigenvalue weighted by molar-refractivity contribution is 7.89. The van der Waals surface area contributed by atoms with E-state index >= 15 is 0 Å². The number of benzene rings is 2. The number of ether oxygens (including phenoxy) is 1. The normalized spacial score (nSPS) is 14.3. The van der Waals surface area contributed by atoms with Crippen molar-refractivity contribution in [3.8, 4) is 0 Å². The first-order valence-electron chi connectivity index (χ1n) is 9.94. The molecule has 0 unspecified atom stereocenters. The molecular formula is C21H23ClFN3O5S. The van der Waals surface area contributed by atoms with Gasteiger partial charge in [-0.15, -0.1) is 0 Å². The molecule has 8 nitrogen and oxygen atoms in total. The van der Waals surface area contributed by atoms with Gasteiger partial charge in [0.1, 0.15) is 5.82 Å². The maximum atomic E-state index is 13.9. The molecule has 2 aromatic rings. The monoisotopic (exact) mass is 483 g/mol. The Balaban J connectivity index is 1.38. The van der Waals surface area contributed by atoms with Crippen LogP contribution in [0.4, 0.5) is 10.1 Å². The summed E-state index contributed by atoms with van der Waals surface area (Å²) >= 11 is 5.79. The van der Waals surface area contributed by atoms with Crippen LogP contribution in [0.15, 0.2) is 53.4 Å². The first-order chi connectivity index (χ1) is 15.3. The highest BCUT2D eigenvalue weighted by Gasteiger charge is 2.23. The number of amides is 1. The number of sulfonamides is 1. The number of nitrogens with one attached hydrogen (secondary N) is 1. The lowest BCUT2D eigenvalue weighted by atomic mass is 10.2. The van der Waals surface area contributed by atoms with E-state index in [-0.39, 0.29) is 34.6 Å². The van der Waals surface area contributed by atoms with Crippen LogP contribution < -0.4 is 9.62 Å². The molecular weight excluding hydrogens is 461 g/mol. The summed E-state index contributed by atoms with van der Waals surface area (Å²) < 4.78 is 45.5. The molecule has 1 fully saturated rings. The van der Waals surface area contributed by atoms with Crippen molar-refractivity contribution in [1.82, 2.24) is 9.62 Å². The van der Waals surface area contributed by atoms with Gasteiger partial charge in [0.25, 0.3) is 5.91 Å². The van der Waals surface area contributed by atoms with E-state index in [4.69, 9.17) is 16.3 Å². The van der Waals surface area contributed by atoms with Gasteiger partial charge >= 0.3 is 5.97 Å². The van der Waals surface area contributed by atoms with Gasteiger partial charge in [0.15, 0.2) is 6.61 Å². The van der Waals surface area contributed by atoms with Crippen LogP contribution in [0.2, 0.25) is 5.02 Å². The molecule has 0 spiro atoms. The Morgan fingerprint density at radius 1 is 1.06 bits per heavy atom. The molecule has 11 heteroatoms. The molecule has 1 aliphatic rings. The van der Waals surface area contributed by atoms with Gasteiger partial charge in [-0.25, -0.2) is 17.5 Å². The molecule has 1 amide bonds. The third-order valence-corrected chi connectivity index (χ3v) is 6.60. The summed E-state index contributed by atoms with van der Waals surface area (Å²) in [5.41, 5.74) is 0.492. The van der Waals surface area contributed by atoms with Gasteiger partial charge in [0.05, 0.1) is 17.0 Å². The van der Waals surface area contributed by atoms with Crippen LogP contribution in [0.3, 0.4) is 0 Å². The number of nitrogens with zero attached hydrogens (tertiary/aromatic N) is 2. The van der Waals surface area contributed by atoms with Gasteiger partial charge < -0.3 is 14.5 Å². The fourth-order valence-electron chi connectivity index (χ4n) is 3.22. The second kappa shape index (κ2) is 10.8. The quantitative estimate of drug-likeness (QED) is 0.577. The second-order valence-corrected chi connectivity index (χ2v) is 9.29. The molecule has 0 bridgehead atoms. The molecule has 2 aromatic carbocycles. The molecule has 1 heterocycles. The Kier molecular flexibility index (Phi) is 8.05. The van der Waals surface area contributed by atoms with E-state index in [9.17, 15) is 22.4 Å². The third kappa shape index (κ3) is 6.41. The lowest BCUT2D eigenvalue weighted by Crippen LogP contribution is -2.50. The predicted molar refractivity (Wildman–Crippen MR) is 117 cm³/mol. The lowest BCUT2D eigenvalue weighted by Gasteiger charge is -2.36. The number of esters is 1. The van der Waals surface area contributed by atoms with Crippen LogP contribution in [0, 0.1) is 5.82 Å². The number of hydrogen-bond acceptors (Lipinski definition) is 6. The Labute approximate surface area is 191 Å². The average Bonchev–Trinajstić information content (AvgIpc) is 2.78. The van der Waals surface area contributed by atoms with Gasteiger partial charge in [-0.2, -0.15) is 0 Å². The Morgan fingerprint density at radius 2 is 1.78 bits per heavy atom. The van der Waals surface area contributed by atoms with Crippen molar-refractivity contribution in [3.63, 3.8) is 0 Å². The van der Waals surface area contributed by atoms with E-state index in [1.807, 2.05) is 4.90 Å². The number of piperazine rings is 1. The topological polar surface area (TPSA) is 96.0 Å². The van der Waals surface area contributed by atoms with E-state index in [0.29, 0.717) is 31.9 Å². The van der Waals surface area contributed by atoms with Gasteiger partial charge in [-0.3, -0.25) is 9.59 Å². The zero-order chi connectivity index (χ0) is 23.1. The molecule has 32 heavy (non-hydrogen) atoms. The minimum atomic E-state index is -3.81. The van der Waals surface area contributed by atoms with Crippen molar-refractivity contribution in [1.29, 1.82) is 0 Å². The van der Waals surface area contributed by atoms with E-state index in [1.165, 1.54) is 24.3 Å². The molecule has 1 saturated heterocycles. The van der Waals surface area contributed by atoms with E-state index in [1.54, 1.807) is 29.2 Å². The van der Waals surface area contributed by atoms with Crippen LogP contribution in [-0.2, 0) is 24.3 Å². The standard InChI is InChI=1S/C21H23ClFN3O5S/c22-16-4-3-5-17(14-16)32(29,30)24-9-8-21(28)31-15-20(27)26-12-10-25(11-13-26)19-7-2-1-6-18(19)23/h1-7,14,24H,8-13,15H2. The number of carbonyl (C=O) groups excluding carboxylic acids is 2. The summed E-state index contributed by atoms with van der Waals surface area (Å²) in [6, 6.07) is 12.2. The summed E-state index contributed by atoms with van der Waals surface area (Å²) in [6.07, 6.45) is -0.228. The van der Waals surface area contributed by atoms with Crippen molar-refractivity contribution in [2.24, 2.45) is 0 Å². The summed E-state index contributed by atoms with van der Waals surface area (Å²) in [7, 11) is -3.81. The fourth-order valence-corrected chi connectivity index (χ4v) is 4.55. The van der Waals surface area contributed by atoms with Crippen molar-refractivity contribution in [2.75, 3.05) is 44.2 Å². The first-order valence-corrected chi connectivity index (χ1v) is 11.8. The molecule has 1 N–H and O–H groups in total. The van der Waals surface area contributed by atoms with Crippen molar-refractivity contribution in [2.45, 2.75) is 11.3 Å². The molecule has 0 aromatic heterocycles. The number of rotatable bonds is 8. The first kappa shape index (κ1) is 24.0. The van der Waals surface area contributed by atoms with Crippen LogP contribution in [-0.4, -0.2) is 64.5 Å². The van der Waals surface area contributed by atoms with Gasteiger partial charge in [0, 0.05) is 37.7 Å². The zero-order valence-corrected chi connectivity index (χ0v) is 18.7. The Hall–Kier alpha value is -2.69. The average molecular weight is 484 g/mol. The molecule has 1 aliphatic heterocycles. The maximum absolute atomic E-state index is 13.9. The summed E-state index contributed by atoms with van der Waals surface area (Å²) in [4.78, 5) is 27.6. The Morgan fingerprint density at radius 3 is 2.47 bits per heavy atom. The number of para-hydroxylation sites is 1. The summed E-state index contributed by atoms with van der Waals surface area (Å²) in [5.74, 6) is -1.37.